The lowest BCUT2D eigenvalue weighted by Gasteiger charge is -2.22. The van der Waals surface area contributed by atoms with E-state index >= 15 is 0 Å². The Morgan fingerprint density at radius 1 is 1.22 bits per heavy atom. The zero-order valence-electron chi connectivity index (χ0n) is 9.56. The number of benzene rings is 1. The second-order valence-corrected chi connectivity index (χ2v) is 4.97. The Hall–Kier alpha value is -1.88. The van der Waals surface area contributed by atoms with E-state index in [1.54, 1.807) is 35.3 Å². The van der Waals surface area contributed by atoms with Gasteiger partial charge in [0, 0.05) is 12.4 Å². The van der Waals surface area contributed by atoms with Crippen LogP contribution in [0.3, 0.4) is 0 Å². The van der Waals surface area contributed by atoms with Crippen molar-refractivity contribution >= 4 is 23.5 Å². The van der Waals surface area contributed by atoms with E-state index in [-0.39, 0.29) is 11.3 Å². The van der Waals surface area contributed by atoms with Crippen molar-refractivity contribution in [2.24, 2.45) is 0 Å². The van der Waals surface area contributed by atoms with Crippen LogP contribution in [0.25, 0.3) is 0 Å². The molecule has 0 N–H and O–H groups in total. The summed E-state index contributed by atoms with van der Waals surface area (Å²) in [6.45, 7) is 0. The molecule has 1 aliphatic heterocycles. The number of hydrogen-bond acceptors (Lipinski definition) is 4. The summed E-state index contributed by atoms with van der Waals surface area (Å²) in [5, 5.41) is -0.00426. The van der Waals surface area contributed by atoms with Crippen LogP contribution in [-0.4, -0.2) is 21.6 Å². The molecule has 0 radical (unpaired) electrons. The van der Waals surface area contributed by atoms with Crippen LogP contribution < -0.4 is 4.90 Å². The van der Waals surface area contributed by atoms with Crippen LogP contribution in [0.4, 0.5) is 5.82 Å². The van der Waals surface area contributed by atoms with Crippen molar-refractivity contribution in [3.8, 4) is 0 Å². The monoisotopic (exact) mass is 257 g/mol. The van der Waals surface area contributed by atoms with Crippen LogP contribution in [0.15, 0.2) is 48.9 Å². The van der Waals surface area contributed by atoms with E-state index < -0.39 is 0 Å². The summed E-state index contributed by atoms with van der Waals surface area (Å²) in [4.78, 5) is 22.0. The third-order valence-corrected chi connectivity index (χ3v) is 3.96. The molecular formula is C13H11N3OS. The van der Waals surface area contributed by atoms with E-state index in [2.05, 4.69) is 9.97 Å². The van der Waals surface area contributed by atoms with Crippen LogP contribution in [0, 0.1) is 0 Å². The molecule has 90 valence electrons. The highest BCUT2D eigenvalue weighted by Crippen LogP contribution is 2.40. The maximum atomic E-state index is 12.0. The molecule has 1 unspecified atom stereocenters. The highest BCUT2D eigenvalue weighted by Gasteiger charge is 2.34. The summed E-state index contributed by atoms with van der Waals surface area (Å²) in [6.07, 6.45) is 4.84. The van der Waals surface area contributed by atoms with Gasteiger partial charge in [-0.1, -0.05) is 30.3 Å². The first-order chi connectivity index (χ1) is 8.86. The van der Waals surface area contributed by atoms with Gasteiger partial charge in [-0.05, 0) is 5.56 Å². The number of aromatic nitrogens is 2. The highest BCUT2D eigenvalue weighted by molar-refractivity contribution is 8.00. The summed E-state index contributed by atoms with van der Waals surface area (Å²) >= 11 is 1.62. The fourth-order valence-electron chi connectivity index (χ4n) is 1.95. The van der Waals surface area contributed by atoms with Gasteiger partial charge in [0.05, 0.1) is 11.9 Å². The van der Waals surface area contributed by atoms with Crippen molar-refractivity contribution in [2.45, 2.75) is 5.37 Å². The van der Waals surface area contributed by atoms with Gasteiger partial charge >= 0.3 is 0 Å². The first-order valence-electron chi connectivity index (χ1n) is 5.61. The minimum absolute atomic E-state index is 0.00426. The Morgan fingerprint density at radius 2 is 2.06 bits per heavy atom. The number of amides is 1. The number of rotatable bonds is 2. The van der Waals surface area contributed by atoms with Crippen molar-refractivity contribution in [3.05, 3.63) is 54.5 Å². The molecule has 2 aromatic rings. The van der Waals surface area contributed by atoms with Crippen molar-refractivity contribution < 1.29 is 4.79 Å². The molecule has 1 aromatic carbocycles. The Kier molecular flexibility index (Phi) is 2.98. The second kappa shape index (κ2) is 4.78. The van der Waals surface area contributed by atoms with Crippen LogP contribution in [-0.2, 0) is 4.79 Å². The lowest BCUT2D eigenvalue weighted by atomic mass is 10.2. The molecule has 4 nitrogen and oxygen atoms in total. The molecule has 0 bridgehead atoms. The van der Waals surface area contributed by atoms with Gasteiger partial charge < -0.3 is 0 Å². The molecule has 2 heterocycles. The summed E-state index contributed by atoms with van der Waals surface area (Å²) < 4.78 is 0. The zero-order valence-corrected chi connectivity index (χ0v) is 10.4. The molecule has 1 amide bonds. The minimum atomic E-state index is -0.00426. The van der Waals surface area contributed by atoms with Gasteiger partial charge in [-0.25, -0.2) is 4.98 Å². The quantitative estimate of drug-likeness (QED) is 0.828. The number of nitrogens with zero attached hydrogens (tertiary/aromatic N) is 3. The van der Waals surface area contributed by atoms with Crippen LogP contribution >= 0.6 is 11.8 Å². The Bertz CT molecular complexity index is 547. The maximum Gasteiger partial charge on any atom is 0.239 e. The van der Waals surface area contributed by atoms with Gasteiger partial charge in [-0.15, -0.1) is 11.8 Å². The molecule has 5 heteroatoms. The van der Waals surface area contributed by atoms with Gasteiger partial charge in [-0.2, -0.15) is 0 Å². The van der Waals surface area contributed by atoms with Crippen LogP contribution in [0.2, 0.25) is 0 Å². The molecule has 1 saturated heterocycles. The molecule has 3 rings (SSSR count). The molecule has 0 saturated carbocycles. The van der Waals surface area contributed by atoms with Crippen molar-refractivity contribution in [3.63, 3.8) is 0 Å². The lowest BCUT2D eigenvalue weighted by Crippen LogP contribution is -2.28. The SMILES string of the molecule is O=C1CSC(c2ccccc2)N1c1cnccn1. The first-order valence-corrected chi connectivity index (χ1v) is 6.66. The number of hydrogen-bond donors (Lipinski definition) is 0. The minimum Gasteiger partial charge on any atom is -0.278 e. The van der Waals surface area contributed by atoms with Gasteiger partial charge in [0.2, 0.25) is 5.91 Å². The summed E-state index contributed by atoms with van der Waals surface area (Å²) in [5.41, 5.74) is 1.11. The normalized spacial score (nSPS) is 19.2. The number of thioether (sulfide) groups is 1. The standard InChI is InChI=1S/C13H11N3OS/c17-12-9-18-13(10-4-2-1-3-5-10)16(12)11-8-14-6-7-15-11/h1-8,13H,9H2. The predicted molar refractivity (Wildman–Crippen MR) is 71.2 cm³/mol. The fourth-order valence-corrected chi connectivity index (χ4v) is 3.12. The van der Waals surface area contributed by atoms with E-state index in [0.717, 1.165) is 5.56 Å². The van der Waals surface area contributed by atoms with Gasteiger partial charge in [0.25, 0.3) is 0 Å². The molecular weight excluding hydrogens is 246 g/mol. The Balaban J connectivity index is 1.98. The summed E-state index contributed by atoms with van der Waals surface area (Å²) in [5.74, 6) is 1.17. The first kappa shape index (κ1) is 11.2. The molecule has 1 fully saturated rings. The number of anilines is 1. The fraction of sp³-hybridized carbons (Fsp3) is 0.154. The number of carbonyl (C=O) groups excluding carboxylic acids is 1. The third kappa shape index (κ3) is 1.97. The summed E-state index contributed by atoms with van der Waals surface area (Å²) in [6, 6.07) is 9.98. The van der Waals surface area contributed by atoms with E-state index in [9.17, 15) is 4.79 Å². The van der Waals surface area contributed by atoms with Gasteiger partial charge in [0.1, 0.15) is 5.37 Å². The second-order valence-electron chi connectivity index (χ2n) is 3.90. The molecule has 1 atom stereocenters. The van der Waals surface area contributed by atoms with Gasteiger partial charge in [-0.3, -0.25) is 14.7 Å². The summed E-state index contributed by atoms with van der Waals surface area (Å²) in [7, 11) is 0. The van der Waals surface area contributed by atoms with Gasteiger partial charge in [0.15, 0.2) is 5.82 Å². The zero-order chi connectivity index (χ0) is 12.4. The van der Waals surface area contributed by atoms with Crippen molar-refractivity contribution in [2.75, 3.05) is 10.7 Å². The van der Waals surface area contributed by atoms with Crippen LogP contribution in [0.5, 0.6) is 0 Å². The Morgan fingerprint density at radius 3 is 2.78 bits per heavy atom. The van der Waals surface area contributed by atoms with Crippen molar-refractivity contribution in [1.29, 1.82) is 0 Å². The Labute approximate surface area is 109 Å². The third-order valence-electron chi connectivity index (χ3n) is 2.75. The molecule has 0 aliphatic carbocycles. The average Bonchev–Trinajstić information content (AvgIpc) is 2.83. The average molecular weight is 257 g/mol. The van der Waals surface area contributed by atoms with E-state index in [4.69, 9.17) is 0 Å². The largest absolute Gasteiger partial charge is 0.278 e. The topological polar surface area (TPSA) is 46.1 Å². The predicted octanol–water partition coefficient (Wildman–Crippen LogP) is 2.26. The van der Waals surface area contributed by atoms with E-state index in [1.807, 2.05) is 30.3 Å². The maximum absolute atomic E-state index is 12.0. The molecule has 1 aromatic heterocycles. The molecule has 1 aliphatic rings. The van der Waals surface area contributed by atoms with Crippen molar-refractivity contribution in [1.82, 2.24) is 9.97 Å². The molecule has 0 spiro atoms. The van der Waals surface area contributed by atoms with E-state index in [1.165, 1.54) is 0 Å². The van der Waals surface area contributed by atoms with Crippen LogP contribution in [0.1, 0.15) is 10.9 Å². The van der Waals surface area contributed by atoms with E-state index in [0.29, 0.717) is 11.6 Å². The number of carbonyl (C=O) groups is 1. The highest BCUT2D eigenvalue weighted by atomic mass is 32.2. The molecule has 18 heavy (non-hydrogen) atoms. The smallest absolute Gasteiger partial charge is 0.239 e. The lowest BCUT2D eigenvalue weighted by molar-refractivity contribution is -0.115.